The van der Waals surface area contributed by atoms with Gasteiger partial charge in [0.25, 0.3) is 0 Å². The maximum atomic E-state index is 3.43. The third-order valence-electron chi connectivity index (χ3n) is 4.13. The van der Waals surface area contributed by atoms with Crippen molar-refractivity contribution in [1.29, 1.82) is 0 Å². The van der Waals surface area contributed by atoms with E-state index in [0.29, 0.717) is 0 Å². The second kappa shape index (κ2) is 9.30. The Morgan fingerprint density at radius 3 is 2.04 bits per heavy atom. The molecule has 0 nitrogen and oxygen atoms in total. The second-order valence-electron chi connectivity index (χ2n) is 5.91. The molecule has 4 aromatic carbocycles. The summed E-state index contributed by atoms with van der Waals surface area (Å²) in [7, 11) is 0. The molecule has 0 bridgehead atoms. The zero-order valence-electron chi connectivity index (χ0n) is 14.6. The Bertz CT molecular complexity index is 1020. The number of benzene rings is 4. The Morgan fingerprint density at radius 2 is 1.30 bits per heavy atom. The van der Waals surface area contributed by atoms with E-state index in [9.17, 15) is 0 Å². The summed E-state index contributed by atoms with van der Waals surface area (Å²) in [5, 5.41) is 0. The monoisotopic (exact) mass is 523 g/mol. The predicted octanol–water partition coefficient (Wildman–Crippen LogP) is 6.28. The standard InChI is InChI=1S/C26H16.Pt/c1-3-11-22(12-4-1)25-16-9-10-21(20-25)18-19-24-15-7-8-17-26(24)23-13-5-2-6-14-23;/h1-11,13,15-18H;/q-4;+4. The molecule has 4 aromatic rings. The van der Waals surface area contributed by atoms with Gasteiger partial charge in [-0.15, -0.1) is 65.7 Å². The molecular formula is C26H16Pt. The molecule has 0 heterocycles. The van der Waals surface area contributed by atoms with Crippen LogP contribution < -0.4 is 0 Å². The van der Waals surface area contributed by atoms with E-state index in [1.165, 1.54) is 0 Å². The van der Waals surface area contributed by atoms with Gasteiger partial charge in [-0.3, -0.25) is 0 Å². The SMILES string of the molecule is [C-](=Cc1[c-]c(-c2[c-]cccc2)ccc1)c1ccccc1-c1[c-]cccc1.[Pt+4]. The van der Waals surface area contributed by atoms with Gasteiger partial charge in [-0.2, -0.15) is 48.0 Å². The van der Waals surface area contributed by atoms with Crippen molar-refractivity contribution in [2.24, 2.45) is 0 Å². The summed E-state index contributed by atoms with van der Waals surface area (Å²) < 4.78 is 0. The van der Waals surface area contributed by atoms with E-state index in [-0.39, 0.29) is 21.1 Å². The van der Waals surface area contributed by atoms with Crippen molar-refractivity contribution in [3.05, 3.63) is 126 Å². The summed E-state index contributed by atoms with van der Waals surface area (Å²) in [5.74, 6) is 0. The summed E-state index contributed by atoms with van der Waals surface area (Å²) in [5.41, 5.74) is 6.30. The van der Waals surface area contributed by atoms with Crippen LogP contribution in [0.15, 0.2) is 91.0 Å². The summed E-state index contributed by atoms with van der Waals surface area (Å²) in [6, 6.07) is 40.3. The molecule has 0 amide bonds. The first-order chi connectivity index (χ1) is 12.9. The molecule has 0 atom stereocenters. The molecular weight excluding hydrogens is 507 g/mol. The van der Waals surface area contributed by atoms with Gasteiger partial charge < -0.3 is 0 Å². The Morgan fingerprint density at radius 1 is 0.630 bits per heavy atom. The average molecular weight is 523 g/mol. The van der Waals surface area contributed by atoms with Crippen molar-refractivity contribution in [2.45, 2.75) is 0 Å². The molecule has 0 aliphatic heterocycles. The minimum absolute atomic E-state index is 0. The van der Waals surface area contributed by atoms with Crippen LogP contribution >= 0.6 is 0 Å². The molecule has 0 unspecified atom stereocenters. The molecule has 0 saturated carbocycles. The fourth-order valence-electron chi connectivity index (χ4n) is 2.85. The summed E-state index contributed by atoms with van der Waals surface area (Å²) >= 11 is 0. The van der Waals surface area contributed by atoms with Gasteiger partial charge in [-0.1, -0.05) is 12.1 Å². The first-order valence-corrected chi connectivity index (χ1v) is 8.55. The molecule has 0 saturated heterocycles. The minimum atomic E-state index is 0. The van der Waals surface area contributed by atoms with Crippen LogP contribution in [0.4, 0.5) is 0 Å². The first kappa shape index (κ1) is 19.1. The van der Waals surface area contributed by atoms with Crippen molar-refractivity contribution in [3.63, 3.8) is 0 Å². The van der Waals surface area contributed by atoms with Crippen LogP contribution in [0.5, 0.6) is 0 Å². The molecule has 1 heteroatoms. The molecule has 0 N–H and O–H groups in total. The third kappa shape index (κ3) is 4.73. The van der Waals surface area contributed by atoms with Crippen LogP contribution in [0, 0.1) is 24.3 Å². The van der Waals surface area contributed by atoms with Gasteiger partial charge in [0.05, 0.1) is 0 Å². The zero-order chi connectivity index (χ0) is 17.6. The molecule has 0 spiro atoms. The van der Waals surface area contributed by atoms with Gasteiger partial charge in [0.15, 0.2) is 0 Å². The molecule has 0 fully saturated rings. The number of hydrogen-bond donors (Lipinski definition) is 0. The van der Waals surface area contributed by atoms with E-state index < -0.39 is 0 Å². The predicted molar refractivity (Wildman–Crippen MR) is 107 cm³/mol. The molecule has 130 valence electrons. The van der Waals surface area contributed by atoms with E-state index in [2.05, 4.69) is 48.5 Å². The molecule has 0 aromatic heterocycles. The fraction of sp³-hybridized carbons (Fsp3) is 0. The van der Waals surface area contributed by atoms with E-state index in [1.807, 2.05) is 72.8 Å². The van der Waals surface area contributed by atoms with Crippen molar-refractivity contribution in [1.82, 2.24) is 0 Å². The molecule has 0 aliphatic rings. The Kier molecular flexibility index (Phi) is 6.58. The zero-order valence-corrected chi connectivity index (χ0v) is 16.8. The normalized spacial score (nSPS) is 10.5. The summed E-state index contributed by atoms with van der Waals surface area (Å²) in [6.07, 6.45) is 5.40. The minimum Gasteiger partial charge on any atom is -0.219 e. The maximum Gasteiger partial charge on any atom is 4.00 e. The van der Waals surface area contributed by atoms with E-state index in [0.717, 1.165) is 33.4 Å². The smallest absolute Gasteiger partial charge is 0.219 e. The summed E-state index contributed by atoms with van der Waals surface area (Å²) in [6.45, 7) is 0. The first-order valence-electron chi connectivity index (χ1n) is 8.55. The van der Waals surface area contributed by atoms with Gasteiger partial charge in [0.1, 0.15) is 0 Å². The molecule has 27 heavy (non-hydrogen) atoms. The van der Waals surface area contributed by atoms with Crippen LogP contribution in [0.3, 0.4) is 0 Å². The van der Waals surface area contributed by atoms with E-state index in [4.69, 9.17) is 0 Å². The van der Waals surface area contributed by atoms with Crippen LogP contribution in [0.25, 0.3) is 28.3 Å². The topological polar surface area (TPSA) is 0 Å². The fourth-order valence-corrected chi connectivity index (χ4v) is 2.85. The van der Waals surface area contributed by atoms with Crippen molar-refractivity contribution < 1.29 is 21.1 Å². The number of rotatable bonds is 4. The van der Waals surface area contributed by atoms with Crippen LogP contribution in [0.2, 0.25) is 0 Å². The van der Waals surface area contributed by atoms with Gasteiger partial charge in [0.2, 0.25) is 0 Å². The Hall–Kier alpha value is -2.69. The van der Waals surface area contributed by atoms with Crippen molar-refractivity contribution in [3.8, 4) is 22.3 Å². The van der Waals surface area contributed by atoms with E-state index in [1.54, 1.807) is 0 Å². The van der Waals surface area contributed by atoms with Crippen molar-refractivity contribution in [2.75, 3.05) is 0 Å². The third-order valence-corrected chi connectivity index (χ3v) is 4.13. The average Bonchev–Trinajstić information content (AvgIpc) is 2.74. The van der Waals surface area contributed by atoms with Gasteiger partial charge in [-0.25, -0.2) is 28.8 Å². The maximum absolute atomic E-state index is 3.43. The van der Waals surface area contributed by atoms with Crippen LogP contribution in [-0.4, -0.2) is 0 Å². The molecule has 0 radical (unpaired) electrons. The van der Waals surface area contributed by atoms with Crippen LogP contribution in [0.1, 0.15) is 11.1 Å². The van der Waals surface area contributed by atoms with Crippen LogP contribution in [-0.2, 0) is 21.1 Å². The molecule has 0 aliphatic carbocycles. The van der Waals surface area contributed by atoms with Gasteiger partial charge >= 0.3 is 21.1 Å². The quantitative estimate of drug-likeness (QED) is 0.218. The number of hydrogen-bond acceptors (Lipinski definition) is 0. The Balaban J connectivity index is 0.00000210. The Labute approximate surface area is 175 Å². The van der Waals surface area contributed by atoms with Gasteiger partial charge in [0, 0.05) is 0 Å². The van der Waals surface area contributed by atoms with Crippen molar-refractivity contribution >= 4 is 6.08 Å². The molecule has 4 rings (SSSR count). The summed E-state index contributed by atoms with van der Waals surface area (Å²) in [4.78, 5) is 0. The second-order valence-corrected chi connectivity index (χ2v) is 5.91. The van der Waals surface area contributed by atoms with Gasteiger partial charge in [-0.05, 0) is 0 Å². The van der Waals surface area contributed by atoms with E-state index >= 15 is 0 Å². The largest absolute Gasteiger partial charge is 4.00 e.